The highest BCUT2D eigenvalue weighted by atomic mass is 16.3. The smallest absolute Gasteiger partial charge is 0.139 e. The van der Waals surface area contributed by atoms with Gasteiger partial charge in [-0.1, -0.05) is 13.3 Å². The number of phenols is 1. The summed E-state index contributed by atoms with van der Waals surface area (Å²) in [5.74, 6) is 3.01. The molecule has 0 saturated heterocycles. The number of anilines is 1. The number of hydrogen-bond acceptors (Lipinski definition) is 2. The third-order valence-corrected chi connectivity index (χ3v) is 7.08. The molecular formula is C20H29NO. The Kier molecular flexibility index (Phi) is 3.22. The summed E-state index contributed by atoms with van der Waals surface area (Å²) in [5.41, 5.74) is 4.57. The van der Waals surface area contributed by atoms with Crippen molar-refractivity contribution in [3.05, 3.63) is 23.3 Å². The van der Waals surface area contributed by atoms with Crippen LogP contribution in [0.15, 0.2) is 12.1 Å². The number of rotatable bonds is 1. The second kappa shape index (κ2) is 4.91. The van der Waals surface area contributed by atoms with Gasteiger partial charge in [0, 0.05) is 14.1 Å². The first-order valence-electron chi connectivity index (χ1n) is 9.03. The quantitative estimate of drug-likeness (QED) is 0.812. The summed E-state index contributed by atoms with van der Waals surface area (Å²) in [7, 11) is 4.05. The van der Waals surface area contributed by atoms with Crippen LogP contribution >= 0.6 is 0 Å². The Bertz CT molecular complexity index is 594. The Balaban J connectivity index is 1.74. The van der Waals surface area contributed by atoms with Gasteiger partial charge in [0.2, 0.25) is 0 Å². The molecule has 1 aromatic rings. The van der Waals surface area contributed by atoms with Gasteiger partial charge in [-0.15, -0.1) is 0 Å². The van der Waals surface area contributed by atoms with Gasteiger partial charge in [-0.2, -0.15) is 0 Å². The van der Waals surface area contributed by atoms with E-state index in [4.69, 9.17) is 0 Å². The molecule has 0 aromatic heterocycles. The molecule has 3 aliphatic rings. The molecule has 2 saturated carbocycles. The zero-order chi connectivity index (χ0) is 15.5. The van der Waals surface area contributed by atoms with Crippen LogP contribution in [0.1, 0.15) is 62.5 Å². The zero-order valence-electron chi connectivity index (χ0n) is 14.2. The van der Waals surface area contributed by atoms with Gasteiger partial charge in [0.1, 0.15) is 5.75 Å². The van der Waals surface area contributed by atoms with Gasteiger partial charge in [-0.3, -0.25) is 0 Å². The molecule has 120 valence electrons. The Morgan fingerprint density at radius 2 is 1.95 bits per heavy atom. The fourth-order valence-electron chi connectivity index (χ4n) is 5.95. The number of hydrogen-bond donors (Lipinski definition) is 1. The van der Waals surface area contributed by atoms with Crippen molar-refractivity contribution in [2.45, 2.75) is 57.8 Å². The van der Waals surface area contributed by atoms with Crippen molar-refractivity contribution in [2.24, 2.45) is 17.3 Å². The van der Waals surface area contributed by atoms with Crippen molar-refractivity contribution < 1.29 is 5.11 Å². The number of benzene rings is 1. The topological polar surface area (TPSA) is 23.5 Å². The summed E-state index contributed by atoms with van der Waals surface area (Å²) in [5, 5.41) is 10.3. The minimum atomic E-state index is 0.448. The zero-order valence-corrected chi connectivity index (χ0v) is 14.2. The third-order valence-electron chi connectivity index (χ3n) is 7.08. The summed E-state index contributed by atoms with van der Waals surface area (Å²) in [6.07, 6.45) is 9.58. The summed E-state index contributed by atoms with van der Waals surface area (Å²) in [6, 6.07) is 4.34. The lowest BCUT2D eigenvalue weighted by molar-refractivity contribution is 0.0598. The summed E-state index contributed by atoms with van der Waals surface area (Å²) < 4.78 is 0. The highest BCUT2D eigenvalue weighted by Crippen LogP contribution is 2.61. The van der Waals surface area contributed by atoms with E-state index in [1.165, 1.54) is 44.1 Å². The second-order valence-corrected chi connectivity index (χ2v) is 8.43. The van der Waals surface area contributed by atoms with Crippen molar-refractivity contribution in [1.82, 2.24) is 0 Å². The van der Waals surface area contributed by atoms with E-state index in [0.717, 1.165) is 29.9 Å². The van der Waals surface area contributed by atoms with Crippen LogP contribution < -0.4 is 4.90 Å². The largest absolute Gasteiger partial charge is 0.506 e. The third kappa shape index (κ3) is 1.99. The first-order chi connectivity index (χ1) is 10.5. The molecule has 2 heteroatoms. The maximum atomic E-state index is 10.3. The Morgan fingerprint density at radius 3 is 2.73 bits per heavy atom. The van der Waals surface area contributed by atoms with Crippen LogP contribution in [0.3, 0.4) is 0 Å². The molecule has 3 unspecified atom stereocenters. The standard InChI is InChI=1S/C20H29NO/c1-20-9-4-5-17(20)15-7-6-13-11-19(22)18(21(2)3)12-16(13)14(15)8-10-20/h11-12,14-15,17,22H,4-10H2,1-3H3/t14?,15?,17?,20-/m0/s1. The summed E-state index contributed by atoms with van der Waals surface area (Å²) in [6.45, 7) is 2.55. The second-order valence-electron chi connectivity index (χ2n) is 8.43. The lowest BCUT2D eigenvalue weighted by Crippen LogP contribution is -2.39. The molecule has 0 spiro atoms. The lowest BCUT2D eigenvalue weighted by Gasteiger charge is -2.49. The van der Waals surface area contributed by atoms with Crippen LogP contribution in [-0.2, 0) is 6.42 Å². The Labute approximate surface area is 134 Å². The van der Waals surface area contributed by atoms with Gasteiger partial charge >= 0.3 is 0 Å². The molecule has 1 N–H and O–H groups in total. The van der Waals surface area contributed by atoms with Gasteiger partial charge in [0.15, 0.2) is 0 Å². The van der Waals surface area contributed by atoms with E-state index in [1.807, 2.05) is 25.1 Å². The van der Waals surface area contributed by atoms with Gasteiger partial charge < -0.3 is 10.0 Å². The van der Waals surface area contributed by atoms with Crippen molar-refractivity contribution >= 4 is 5.69 Å². The number of aromatic hydroxyl groups is 1. The van der Waals surface area contributed by atoms with Crippen molar-refractivity contribution in [2.75, 3.05) is 19.0 Å². The molecule has 0 amide bonds. The first-order valence-corrected chi connectivity index (χ1v) is 9.03. The van der Waals surface area contributed by atoms with E-state index in [-0.39, 0.29) is 0 Å². The van der Waals surface area contributed by atoms with Gasteiger partial charge in [0.25, 0.3) is 0 Å². The maximum Gasteiger partial charge on any atom is 0.139 e. The molecule has 2 fully saturated rings. The van der Waals surface area contributed by atoms with E-state index >= 15 is 0 Å². The average Bonchev–Trinajstić information content (AvgIpc) is 2.87. The molecule has 0 aliphatic heterocycles. The number of fused-ring (bicyclic) bond motifs is 5. The molecule has 4 atom stereocenters. The average molecular weight is 299 g/mol. The van der Waals surface area contributed by atoms with Gasteiger partial charge in [-0.05, 0) is 85.0 Å². The molecule has 1 aromatic carbocycles. The SMILES string of the molecule is CN(C)c1cc2c(cc1O)CCC1C2CC[C@]2(C)CCCC12. The predicted octanol–water partition coefficient (Wildman–Crippen LogP) is 4.70. The Hall–Kier alpha value is -1.18. The predicted molar refractivity (Wildman–Crippen MR) is 91.7 cm³/mol. The molecule has 4 rings (SSSR count). The monoisotopic (exact) mass is 299 g/mol. The van der Waals surface area contributed by atoms with E-state index < -0.39 is 0 Å². The number of nitrogens with zero attached hydrogens (tertiary/aromatic N) is 1. The highest BCUT2D eigenvalue weighted by Gasteiger charge is 2.50. The molecule has 22 heavy (non-hydrogen) atoms. The normalized spacial score (nSPS) is 36.4. The fraction of sp³-hybridized carbons (Fsp3) is 0.700. The molecule has 0 bridgehead atoms. The minimum absolute atomic E-state index is 0.448. The highest BCUT2D eigenvalue weighted by molar-refractivity contribution is 5.61. The van der Waals surface area contributed by atoms with Crippen LogP contribution in [-0.4, -0.2) is 19.2 Å². The van der Waals surface area contributed by atoms with Crippen LogP contribution in [0, 0.1) is 17.3 Å². The first kappa shape index (κ1) is 14.4. The maximum absolute atomic E-state index is 10.3. The van der Waals surface area contributed by atoms with Crippen molar-refractivity contribution in [3.63, 3.8) is 0 Å². The molecule has 2 nitrogen and oxygen atoms in total. The number of phenolic OH excluding ortho intramolecular Hbond substituents is 1. The minimum Gasteiger partial charge on any atom is -0.506 e. The molecule has 0 heterocycles. The molecular weight excluding hydrogens is 270 g/mol. The van der Waals surface area contributed by atoms with Crippen LogP contribution in [0.4, 0.5) is 5.69 Å². The number of aryl methyl sites for hydroxylation is 1. The summed E-state index contributed by atoms with van der Waals surface area (Å²) in [4.78, 5) is 2.04. The van der Waals surface area contributed by atoms with Gasteiger partial charge in [0.05, 0.1) is 5.69 Å². The fourth-order valence-corrected chi connectivity index (χ4v) is 5.95. The summed E-state index contributed by atoms with van der Waals surface area (Å²) >= 11 is 0. The van der Waals surface area contributed by atoms with Gasteiger partial charge in [-0.25, -0.2) is 0 Å². The lowest BCUT2D eigenvalue weighted by atomic mass is 9.56. The molecule has 3 aliphatic carbocycles. The van der Waals surface area contributed by atoms with Crippen LogP contribution in [0.25, 0.3) is 0 Å². The van der Waals surface area contributed by atoms with Crippen LogP contribution in [0.2, 0.25) is 0 Å². The van der Waals surface area contributed by atoms with E-state index in [9.17, 15) is 5.11 Å². The Morgan fingerprint density at radius 1 is 1.14 bits per heavy atom. The van der Waals surface area contributed by atoms with Crippen molar-refractivity contribution in [3.8, 4) is 5.75 Å². The van der Waals surface area contributed by atoms with Crippen molar-refractivity contribution in [1.29, 1.82) is 0 Å². The van der Waals surface area contributed by atoms with Crippen LogP contribution in [0.5, 0.6) is 5.75 Å². The van der Waals surface area contributed by atoms with E-state index in [0.29, 0.717) is 11.2 Å². The van der Waals surface area contributed by atoms with E-state index in [1.54, 1.807) is 5.56 Å². The molecule has 0 radical (unpaired) electrons. The van der Waals surface area contributed by atoms with E-state index in [2.05, 4.69) is 13.0 Å².